The minimum Gasteiger partial charge on any atom is -0.394 e. The van der Waals surface area contributed by atoms with Crippen molar-refractivity contribution in [2.75, 3.05) is 12.4 Å². The van der Waals surface area contributed by atoms with E-state index in [4.69, 9.17) is 0 Å². The molecule has 7 nitrogen and oxygen atoms in total. The Bertz CT molecular complexity index is 648. The van der Waals surface area contributed by atoms with Crippen LogP contribution in [-0.4, -0.2) is 44.6 Å². The summed E-state index contributed by atoms with van der Waals surface area (Å²) in [5, 5.41) is 12.3. The highest BCUT2D eigenvalue weighted by atomic mass is 32.2. The fraction of sp³-hybridized carbons (Fsp3) is 0.500. The lowest BCUT2D eigenvalue weighted by Gasteiger charge is -2.15. The van der Waals surface area contributed by atoms with Crippen molar-refractivity contribution in [2.24, 2.45) is 0 Å². The van der Waals surface area contributed by atoms with E-state index in [-0.39, 0.29) is 18.2 Å². The van der Waals surface area contributed by atoms with E-state index in [1.807, 2.05) is 13.8 Å². The fourth-order valence-corrected chi connectivity index (χ4v) is 2.47. The largest absolute Gasteiger partial charge is 0.394 e. The first-order valence-electron chi connectivity index (χ1n) is 6.87. The lowest BCUT2D eigenvalue weighted by atomic mass is 10.2. The summed E-state index contributed by atoms with van der Waals surface area (Å²) in [4.78, 5) is 39.1. The number of aliphatic hydroxyl groups is 1. The van der Waals surface area contributed by atoms with Crippen LogP contribution in [0.2, 0.25) is 0 Å². The molecule has 1 aromatic heterocycles. The quantitative estimate of drug-likeness (QED) is 0.526. The standard InChI is InChI=1S/C14H21N3O4S/c1-8(2)22-7-10(6-18)16-12(19)5-4-11-9(3)15-14(21)17-13(11)20/h4-5,8,10,18H,6-7H2,1-3H3,(H,16,19)(H2,15,17,20,21)/b5-4+/t10-/m0/s1. The number of aryl methyl sites for hydroxylation is 1. The van der Waals surface area contributed by atoms with Crippen LogP contribution in [0.3, 0.4) is 0 Å². The zero-order valence-electron chi connectivity index (χ0n) is 12.8. The van der Waals surface area contributed by atoms with Gasteiger partial charge in [-0.2, -0.15) is 11.8 Å². The molecule has 1 heterocycles. The molecule has 0 saturated heterocycles. The van der Waals surface area contributed by atoms with Crippen molar-refractivity contribution in [3.8, 4) is 0 Å². The zero-order chi connectivity index (χ0) is 16.7. The maximum atomic E-state index is 11.8. The molecule has 0 saturated carbocycles. The van der Waals surface area contributed by atoms with E-state index in [1.165, 1.54) is 12.2 Å². The second kappa shape index (κ2) is 8.60. The van der Waals surface area contributed by atoms with E-state index < -0.39 is 17.2 Å². The van der Waals surface area contributed by atoms with Crippen LogP contribution < -0.4 is 16.6 Å². The number of hydrogen-bond acceptors (Lipinski definition) is 5. The third-order valence-corrected chi connectivity index (χ3v) is 4.04. The smallest absolute Gasteiger partial charge is 0.325 e. The summed E-state index contributed by atoms with van der Waals surface area (Å²) in [6.07, 6.45) is 2.54. The summed E-state index contributed by atoms with van der Waals surface area (Å²) in [6, 6.07) is -0.348. The number of aromatic amines is 2. The Morgan fingerprint density at radius 2 is 2.05 bits per heavy atom. The molecular weight excluding hydrogens is 306 g/mol. The van der Waals surface area contributed by atoms with Crippen LogP contribution in [0.5, 0.6) is 0 Å². The summed E-state index contributed by atoms with van der Waals surface area (Å²) in [6.45, 7) is 5.49. The summed E-state index contributed by atoms with van der Waals surface area (Å²) in [5.41, 5.74) is -0.548. The van der Waals surface area contributed by atoms with Crippen LogP contribution in [0.15, 0.2) is 15.7 Å². The Balaban J connectivity index is 2.72. The van der Waals surface area contributed by atoms with Crippen LogP contribution in [0, 0.1) is 6.92 Å². The molecule has 0 bridgehead atoms. The van der Waals surface area contributed by atoms with Crippen LogP contribution in [0.4, 0.5) is 0 Å². The lowest BCUT2D eigenvalue weighted by molar-refractivity contribution is -0.117. The first-order chi connectivity index (χ1) is 10.3. The van der Waals surface area contributed by atoms with Crippen molar-refractivity contribution in [3.05, 3.63) is 38.2 Å². The van der Waals surface area contributed by atoms with Crippen molar-refractivity contribution in [1.29, 1.82) is 0 Å². The van der Waals surface area contributed by atoms with Crippen LogP contribution in [0.1, 0.15) is 25.1 Å². The van der Waals surface area contributed by atoms with Gasteiger partial charge in [-0.1, -0.05) is 13.8 Å². The molecule has 0 aliphatic carbocycles. The Hall–Kier alpha value is -1.80. The SMILES string of the molecule is Cc1[nH]c(=O)[nH]c(=O)c1/C=C/C(=O)N[C@@H](CO)CSC(C)C. The van der Waals surface area contributed by atoms with Gasteiger partial charge in [0.25, 0.3) is 5.56 Å². The summed E-state index contributed by atoms with van der Waals surface area (Å²) < 4.78 is 0. The molecule has 0 fully saturated rings. The van der Waals surface area contributed by atoms with Gasteiger partial charge in [-0.05, 0) is 18.2 Å². The number of thioether (sulfide) groups is 1. The van der Waals surface area contributed by atoms with Gasteiger partial charge >= 0.3 is 5.69 Å². The molecule has 0 radical (unpaired) electrons. The van der Waals surface area contributed by atoms with Gasteiger partial charge in [0.1, 0.15) is 0 Å². The predicted molar refractivity (Wildman–Crippen MR) is 88.1 cm³/mol. The summed E-state index contributed by atoms with van der Waals surface area (Å²) in [5.74, 6) is 0.194. The molecule has 0 spiro atoms. The van der Waals surface area contributed by atoms with Crippen molar-refractivity contribution in [2.45, 2.75) is 32.1 Å². The second-order valence-electron chi connectivity index (χ2n) is 5.05. The zero-order valence-corrected chi connectivity index (χ0v) is 13.6. The molecular formula is C14H21N3O4S. The highest BCUT2D eigenvalue weighted by Crippen LogP contribution is 2.10. The van der Waals surface area contributed by atoms with Gasteiger partial charge < -0.3 is 15.4 Å². The molecule has 0 aliphatic heterocycles. The topological polar surface area (TPSA) is 115 Å². The molecule has 1 rings (SSSR count). The average molecular weight is 327 g/mol. The second-order valence-corrected chi connectivity index (χ2v) is 6.66. The summed E-state index contributed by atoms with van der Waals surface area (Å²) in [7, 11) is 0. The molecule has 1 atom stereocenters. The Labute approximate surface area is 132 Å². The minimum atomic E-state index is -0.588. The monoisotopic (exact) mass is 327 g/mol. The number of amides is 1. The van der Waals surface area contributed by atoms with Crippen molar-refractivity contribution in [1.82, 2.24) is 15.3 Å². The molecule has 4 N–H and O–H groups in total. The minimum absolute atomic E-state index is 0.155. The first-order valence-corrected chi connectivity index (χ1v) is 7.92. The van der Waals surface area contributed by atoms with Gasteiger partial charge in [0.2, 0.25) is 5.91 Å². The van der Waals surface area contributed by atoms with Gasteiger partial charge in [0, 0.05) is 17.5 Å². The van der Waals surface area contributed by atoms with E-state index in [0.29, 0.717) is 16.7 Å². The number of aliphatic hydroxyl groups excluding tert-OH is 1. The van der Waals surface area contributed by atoms with Crippen molar-refractivity contribution >= 4 is 23.7 Å². The molecule has 1 amide bonds. The molecule has 0 aromatic carbocycles. The average Bonchev–Trinajstić information content (AvgIpc) is 2.41. The molecule has 0 aliphatic rings. The van der Waals surface area contributed by atoms with Crippen molar-refractivity contribution in [3.63, 3.8) is 0 Å². The molecule has 22 heavy (non-hydrogen) atoms. The van der Waals surface area contributed by atoms with Crippen LogP contribution >= 0.6 is 11.8 Å². The number of rotatable bonds is 7. The van der Waals surface area contributed by atoms with Gasteiger partial charge in [0.05, 0.1) is 18.2 Å². The Morgan fingerprint density at radius 3 is 2.59 bits per heavy atom. The summed E-state index contributed by atoms with van der Waals surface area (Å²) >= 11 is 1.63. The number of H-pyrrole nitrogens is 2. The highest BCUT2D eigenvalue weighted by molar-refractivity contribution is 7.99. The number of carbonyl (C=O) groups excluding carboxylic acids is 1. The predicted octanol–water partition coefficient (Wildman–Crippen LogP) is 0.00352. The number of aromatic nitrogens is 2. The molecule has 0 unspecified atom stereocenters. The first kappa shape index (κ1) is 18.2. The van der Waals surface area contributed by atoms with Gasteiger partial charge in [-0.3, -0.25) is 14.6 Å². The Morgan fingerprint density at radius 1 is 1.36 bits per heavy atom. The maximum Gasteiger partial charge on any atom is 0.325 e. The normalized spacial score (nSPS) is 12.8. The van der Waals surface area contributed by atoms with E-state index >= 15 is 0 Å². The Kier molecular flexibility index (Phi) is 7.13. The number of carbonyl (C=O) groups is 1. The van der Waals surface area contributed by atoms with Crippen LogP contribution in [0.25, 0.3) is 6.08 Å². The van der Waals surface area contributed by atoms with E-state index in [2.05, 4.69) is 15.3 Å². The highest BCUT2D eigenvalue weighted by Gasteiger charge is 2.11. The fourth-order valence-electron chi connectivity index (χ4n) is 1.67. The number of nitrogens with one attached hydrogen (secondary N) is 3. The van der Waals surface area contributed by atoms with Gasteiger partial charge in [-0.25, -0.2) is 4.79 Å². The number of hydrogen-bond donors (Lipinski definition) is 4. The van der Waals surface area contributed by atoms with Gasteiger partial charge in [-0.15, -0.1) is 0 Å². The van der Waals surface area contributed by atoms with E-state index in [1.54, 1.807) is 18.7 Å². The third-order valence-electron chi connectivity index (χ3n) is 2.78. The van der Waals surface area contributed by atoms with E-state index in [0.717, 1.165) is 0 Å². The van der Waals surface area contributed by atoms with Crippen LogP contribution in [-0.2, 0) is 4.79 Å². The third kappa shape index (κ3) is 5.90. The molecule has 8 heteroatoms. The lowest BCUT2D eigenvalue weighted by Crippen LogP contribution is -2.38. The van der Waals surface area contributed by atoms with Crippen molar-refractivity contribution < 1.29 is 9.90 Å². The molecule has 1 aromatic rings. The van der Waals surface area contributed by atoms with Gasteiger partial charge in [0.15, 0.2) is 0 Å². The maximum absolute atomic E-state index is 11.8. The van der Waals surface area contributed by atoms with E-state index in [9.17, 15) is 19.5 Å². The molecule has 122 valence electrons.